The minimum atomic E-state index is -4.85. The maximum Gasteiger partial charge on any atom is 0.471 e. The third kappa shape index (κ3) is 3.73. The van der Waals surface area contributed by atoms with Crippen molar-refractivity contribution in [3.8, 4) is 0 Å². The number of benzene rings is 1. The van der Waals surface area contributed by atoms with Crippen LogP contribution in [-0.4, -0.2) is 12.1 Å². The topological polar surface area (TPSA) is 29.1 Å². The number of nitrogens with one attached hydrogen (secondary N) is 1. The zero-order valence-electron chi connectivity index (χ0n) is 9.23. The van der Waals surface area contributed by atoms with Crippen molar-refractivity contribution < 1.29 is 18.0 Å². The molecule has 0 saturated heterocycles. The van der Waals surface area contributed by atoms with Crippen LogP contribution in [0.1, 0.15) is 24.1 Å². The molecule has 6 heteroatoms. The van der Waals surface area contributed by atoms with Gasteiger partial charge >= 0.3 is 12.1 Å². The van der Waals surface area contributed by atoms with Gasteiger partial charge in [-0.25, -0.2) is 0 Å². The summed E-state index contributed by atoms with van der Waals surface area (Å²) in [7, 11) is 0. The van der Waals surface area contributed by atoms with Gasteiger partial charge < -0.3 is 5.32 Å². The number of alkyl halides is 3. The monoisotopic (exact) mass is 309 g/mol. The highest BCUT2D eigenvalue weighted by molar-refractivity contribution is 9.10. The highest BCUT2D eigenvalue weighted by atomic mass is 79.9. The van der Waals surface area contributed by atoms with Crippen LogP contribution in [0, 0.1) is 6.92 Å². The number of hydrogen-bond acceptors (Lipinski definition) is 1. The highest BCUT2D eigenvalue weighted by Crippen LogP contribution is 2.23. The molecule has 0 fully saturated rings. The fourth-order valence-corrected chi connectivity index (χ4v) is 1.96. The number of halogens is 4. The van der Waals surface area contributed by atoms with Gasteiger partial charge in [-0.15, -0.1) is 0 Å². The fraction of sp³-hybridized carbons (Fsp3) is 0.364. The van der Waals surface area contributed by atoms with E-state index >= 15 is 0 Å². The number of aryl methyl sites for hydroxylation is 1. The standard InChI is InChI=1S/C11H11BrF3NO/c1-6-5-8(12)3-4-9(6)7(2)16-10(17)11(13,14)15/h3-5,7H,1-2H3,(H,16,17). The molecular formula is C11H11BrF3NO. The van der Waals surface area contributed by atoms with Gasteiger partial charge in [0.05, 0.1) is 6.04 Å². The largest absolute Gasteiger partial charge is 0.471 e. The molecule has 0 saturated carbocycles. The number of rotatable bonds is 2. The summed E-state index contributed by atoms with van der Waals surface area (Å²) < 4.78 is 37.1. The zero-order chi connectivity index (χ0) is 13.2. The van der Waals surface area contributed by atoms with E-state index in [-0.39, 0.29) is 0 Å². The van der Waals surface area contributed by atoms with Gasteiger partial charge in [0, 0.05) is 4.47 Å². The van der Waals surface area contributed by atoms with Gasteiger partial charge in [-0.3, -0.25) is 4.79 Å². The molecule has 1 amide bonds. The smallest absolute Gasteiger partial charge is 0.342 e. The van der Waals surface area contributed by atoms with Crippen LogP contribution in [0.25, 0.3) is 0 Å². The van der Waals surface area contributed by atoms with Crippen molar-refractivity contribution in [2.75, 3.05) is 0 Å². The second kappa shape index (κ2) is 5.08. The lowest BCUT2D eigenvalue weighted by molar-refractivity contribution is -0.174. The second-order valence-corrected chi connectivity index (χ2v) is 4.61. The molecule has 1 N–H and O–H groups in total. The van der Waals surface area contributed by atoms with Crippen LogP contribution >= 0.6 is 15.9 Å². The van der Waals surface area contributed by atoms with Crippen molar-refractivity contribution in [3.63, 3.8) is 0 Å². The lowest BCUT2D eigenvalue weighted by Crippen LogP contribution is -2.38. The Morgan fingerprint density at radius 2 is 2.00 bits per heavy atom. The molecule has 0 aliphatic carbocycles. The molecule has 17 heavy (non-hydrogen) atoms. The normalized spacial score (nSPS) is 13.3. The minimum Gasteiger partial charge on any atom is -0.342 e. The molecule has 0 radical (unpaired) electrons. The number of amides is 1. The molecule has 0 aromatic heterocycles. The molecule has 1 aromatic rings. The predicted octanol–water partition coefficient (Wildman–Crippen LogP) is 3.50. The Morgan fingerprint density at radius 1 is 1.41 bits per heavy atom. The van der Waals surface area contributed by atoms with E-state index in [1.165, 1.54) is 6.92 Å². The zero-order valence-corrected chi connectivity index (χ0v) is 10.8. The number of hydrogen-bond donors (Lipinski definition) is 1. The lowest BCUT2D eigenvalue weighted by Gasteiger charge is -2.17. The molecule has 0 aliphatic heterocycles. The Kier molecular flexibility index (Phi) is 4.19. The van der Waals surface area contributed by atoms with E-state index in [1.54, 1.807) is 25.1 Å². The van der Waals surface area contributed by atoms with Gasteiger partial charge in [0.25, 0.3) is 0 Å². The summed E-state index contributed by atoms with van der Waals surface area (Å²) in [5.41, 5.74) is 1.47. The molecule has 0 aliphatic rings. The van der Waals surface area contributed by atoms with Crippen molar-refractivity contribution >= 4 is 21.8 Å². The second-order valence-electron chi connectivity index (χ2n) is 3.69. The van der Waals surface area contributed by atoms with E-state index in [0.29, 0.717) is 5.56 Å². The highest BCUT2D eigenvalue weighted by Gasteiger charge is 2.39. The van der Waals surface area contributed by atoms with Crippen molar-refractivity contribution in [1.82, 2.24) is 5.32 Å². The van der Waals surface area contributed by atoms with Crippen LogP contribution < -0.4 is 5.32 Å². The van der Waals surface area contributed by atoms with Crippen LogP contribution in [0.15, 0.2) is 22.7 Å². The van der Waals surface area contributed by atoms with Crippen LogP contribution in [0.3, 0.4) is 0 Å². The molecule has 1 atom stereocenters. The van der Waals surface area contributed by atoms with Crippen molar-refractivity contribution in [3.05, 3.63) is 33.8 Å². The minimum absolute atomic E-state index is 0.658. The average molecular weight is 310 g/mol. The van der Waals surface area contributed by atoms with Gasteiger partial charge in [-0.2, -0.15) is 13.2 Å². The summed E-state index contributed by atoms with van der Waals surface area (Å²) in [5, 5.41) is 1.92. The summed E-state index contributed by atoms with van der Waals surface area (Å²) in [6.45, 7) is 3.29. The van der Waals surface area contributed by atoms with Gasteiger partial charge in [-0.05, 0) is 37.1 Å². The van der Waals surface area contributed by atoms with Crippen molar-refractivity contribution in [2.45, 2.75) is 26.1 Å². The van der Waals surface area contributed by atoms with Crippen LogP contribution in [0.2, 0.25) is 0 Å². The maximum atomic E-state index is 12.1. The first-order valence-electron chi connectivity index (χ1n) is 4.85. The first-order chi connectivity index (χ1) is 7.71. The summed E-state index contributed by atoms with van der Waals surface area (Å²) in [6.07, 6.45) is -4.85. The lowest BCUT2D eigenvalue weighted by atomic mass is 10.0. The SMILES string of the molecule is Cc1cc(Br)ccc1C(C)NC(=O)C(F)(F)F. The van der Waals surface area contributed by atoms with E-state index < -0.39 is 18.1 Å². The van der Waals surface area contributed by atoms with Gasteiger partial charge in [0.15, 0.2) is 0 Å². The molecular weight excluding hydrogens is 299 g/mol. The van der Waals surface area contributed by atoms with Gasteiger partial charge in [0.1, 0.15) is 0 Å². The summed E-state index contributed by atoms with van der Waals surface area (Å²) >= 11 is 3.26. The Labute approximate surface area is 105 Å². The third-order valence-electron chi connectivity index (χ3n) is 2.30. The summed E-state index contributed by atoms with van der Waals surface area (Å²) in [4.78, 5) is 10.8. The number of carbonyl (C=O) groups excluding carboxylic acids is 1. The Balaban J connectivity index is 2.84. The molecule has 0 spiro atoms. The van der Waals surface area contributed by atoms with E-state index in [9.17, 15) is 18.0 Å². The quantitative estimate of drug-likeness (QED) is 0.890. The van der Waals surface area contributed by atoms with Crippen molar-refractivity contribution in [1.29, 1.82) is 0 Å². The van der Waals surface area contributed by atoms with E-state index in [0.717, 1.165) is 10.0 Å². The third-order valence-corrected chi connectivity index (χ3v) is 2.80. The number of carbonyl (C=O) groups is 1. The average Bonchev–Trinajstić information content (AvgIpc) is 2.15. The van der Waals surface area contributed by atoms with E-state index in [2.05, 4.69) is 15.9 Å². The fourth-order valence-electron chi connectivity index (χ4n) is 1.48. The first kappa shape index (κ1) is 14.0. The molecule has 1 unspecified atom stereocenters. The molecule has 0 bridgehead atoms. The molecule has 2 nitrogen and oxygen atoms in total. The summed E-state index contributed by atoms with van der Waals surface area (Å²) in [6, 6.07) is 4.50. The van der Waals surface area contributed by atoms with Crippen LogP contribution in [-0.2, 0) is 4.79 Å². The Bertz CT molecular complexity index is 431. The van der Waals surface area contributed by atoms with Gasteiger partial charge in [0.2, 0.25) is 0 Å². The Morgan fingerprint density at radius 3 is 2.47 bits per heavy atom. The Hall–Kier alpha value is -1.04. The van der Waals surface area contributed by atoms with E-state index in [4.69, 9.17) is 0 Å². The molecule has 0 heterocycles. The molecule has 1 rings (SSSR count). The van der Waals surface area contributed by atoms with Gasteiger partial charge in [-0.1, -0.05) is 22.0 Å². The van der Waals surface area contributed by atoms with Crippen LogP contribution in [0.4, 0.5) is 13.2 Å². The molecule has 1 aromatic carbocycles. The maximum absolute atomic E-state index is 12.1. The predicted molar refractivity (Wildman–Crippen MR) is 61.5 cm³/mol. The van der Waals surface area contributed by atoms with E-state index in [1.807, 2.05) is 5.32 Å². The van der Waals surface area contributed by atoms with Crippen LogP contribution in [0.5, 0.6) is 0 Å². The van der Waals surface area contributed by atoms with Crippen molar-refractivity contribution in [2.24, 2.45) is 0 Å². The summed E-state index contributed by atoms with van der Waals surface area (Å²) in [5.74, 6) is -1.92. The molecule has 94 valence electrons. The first-order valence-corrected chi connectivity index (χ1v) is 5.65.